The third-order valence-corrected chi connectivity index (χ3v) is 5.81. The Bertz CT molecular complexity index is 524. The maximum absolute atomic E-state index is 12.7. The van der Waals surface area contributed by atoms with Crippen LogP contribution in [0.15, 0.2) is 12.2 Å². The Labute approximate surface area is 191 Å². The molecule has 1 saturated heterocycles. The molecule has 5 heteroatoms. The minimum atomic E-state index is -0.794. The summed E-state index contributed by atoms with van der Waals surface area (Å²) in [7, 11) is 0. The number of allylic oxidation sites excluding steroid dienone is 1. The van der Waals surface area contributed by atoms with Crippen LogP contribution in [0.5, 0.6) is 0 Å². The fourth-order valence-corrected chi connectivity index (χ4v) is 4.04. The molecule has 1 aliphatic heterocycles. The quantitative estimate of drug-likeness (QED) is 0.234. The maximum atomic E-state index is 12.7. The van der Waals surface area contributed by atoms with E-state index >= 15 is 0 Å². The summed E-state index contributed by atoms with van der Waals surface area (Å²) >= 11 is 0. The predicted molar refractivity (Wildman–Crippen MR) is 128 cm³/mol. The molecule has 31 heavy (non-hydrogen) atoms. The monoisotopic (exact) mass is 439 g/mol. The van der Waals surface area contributed by atoms with Gasteiger partial charge in [0.15, 0.2) is 0 Å². The highest BCUT2D eigenvalue weighted by atomic mass is 16.6. The third-order valence-electron chi connectivity index (χ3n) is 5.81. The lowest BCUT2D eigenvalue weighted by Gasteiger charge is -2.36. The van der Waals surface area contributed by atoms with Gasteiger partial charge in [-0.2, -0.15) is 0 Å². The van der Waals surface area contributed by atoms with Gasteiger partial charge in [0.2, 0.25) is 0 Å². The Morgan fingerprint density at radius 2 is 1.58 bits per heavy atom. The molecule has 1 N–H and O–H groups in total. The lowest BCUT2D eigenvalue weighted by Crippen LogP contribution is -2.53. The van der Waals surface area contributed by atoms with Crippen molar-refractivity contribution in [3.63, 3.8) is 0 Å². The van der Waals surface area contributed by atoms with E-state index in [2.05, 4.69) is 6.92 Å². The van der Waals surface area contributed by atoms with E-state index < -0.39 is 29.6 Å². The molecular formula is C26H49NO4. The van der Waals surface area contributed by atoms with Gasteiger partial charge in [-0.25, -0.2) is 4.79 Å². The molecule has 0 aromatic rings. The number of ether oxygens (including phenoxy) is 2. The number of aliphatic hydroxyl groups excluding tert-OH is 1. The van der Waals surface area contributed by atoms with Crippen LogP contribution in [0.4, 0.5) is 4.79 Å². The SMILES string of the molecule is CCCCCCCCCCCCC/C=C/C(O)C1COC(C)(C)N1C(=O)OC(C)(C)C. The smallest absolute Gasteiger partial charge is 0.413 e. The first-order valence-corrected chi connectivity index (χ1v) is 12.6. The molecule has 0 radical (unpaired) electrons. The van der Waals surface area contributed by atoms with Crippen LogP contribution in [0.3, 0.4) is 0 Å². The number of carbonyl (C=O) groups excluding carboxylic acids is 1. The van der Waals surface area contributed by atoms with Crippen molar-refractivity contribution in [1.82, 2.24) is 4.90 Å². The van der Waals surface area contributed by atoms with Crippen LogP contribution in [-0.4, -0.2) is 46.2 Å². The summed E-state index contributed by atoms with van der Waals surface area (Å²) in [5.41, 5.74) is -1.38. The number of nitrogens with zero attached hydrogens (tertiary/aromatic N) is 1. The number of hydrogen-bond donors (Lipinski definition) is 1. The molecule has 0 saturated carbocycles. The standard InChI is InChI=1S/C26H49NO4/c1-7-8-9-10-11-12-13-14-15-16-17-18-19-20-23(28)22-21-30-26(5,6)27(22)24(29)31-25(2,3)4/h19-20,22-23,28H,7-18,21H2,1-6H3/b20-19+. The zero-order chi connectivity index (χ0) is 23.3. The molecule has 5 nitrogen and oxygen atoms in total. The van der Waals surface area contributed by atoms with Crippen molar-refractivity contribution in [2.75, 3.05) is 6.61 Å². The molecule has 0 aromatic heterocycles. The van der Waals surface area contributed by atoms with Gasteiger partial charge < -0.3 is 14.6 Å². The van der Waals surface area contributed by atoms with Crippen LogP contribution in [0.1, 0.15) is 119 Å². The largest absolute Gasteiger partial charge is 0.444 e. The average molecular weight is 440 g/mol. The molecule has 1 rings (SSSR count). The van der Waals surface area contributed by atoms with E-state index in [0.717, 1.165) is 12.8 Å². The van der Waals surface area contributed by atoms with Crippen molar-refractivity contribution >= 4 is 6.09 Å². The van der Waals surface area contributed by atoms with Crippen LogP contribution in [-0.2, 0) is 9.47 Å². The van der Waals surface area contributed by atoms with Gasteiger partial charge in [-0.3, -0.25) is 4.90 Å². The van der Waals surface area contributed by atoms with Crippen molar-refractivity contribution in [3.8, 4) is 0 Å². The second kappa shape index (κ2) is 14.2. The van der Waals surface area contributed by atoms with Crippen LogP contribution >= 0.6 is 0 Å². The minimum absolute atomic E-state index is 0.302. The van der Waals surface area contributed by atoms with E-state index in [4.69, 9.17) is 9.47 Å². The van der Waals surface area contributed by atoms with Crippen molar-refractivity contribution in [1.29, 1.82) is 0 Å². The number of aliphatic hydroxyl groups is 1. The van der Waals surface area contributed by atoms with E-state index in [1.54, 1.807) is 0 Å². The molecule has 0 bridgehead atoms. The number of amides is 1. The third kappa shape index (κ3) is 11.4. The molecular weight excluding hydrogens is 390 g/mol. The Morgan fingerprint density at radius 1 is 1.06 bits per heavy atom. The van der Waals surface area contributed by atoms with Gasteiger partial charge in [0.25, 0.3) is 0 Å². The molecule has 2 atom stereocenters. The van der Waals surface area contributed by atoms with Gasteiger partial charge in [0.05, 0.1) is 18.8 Å². The van der Waals surface area contributed by atoms with Crippen molar-refractivity contribution in [3.05, 3.63) is 12.2 Å². The highest BCUT2D eigenvalue weighted by molar-refractivity contribution is 5.70. The topological polar surface area (TPSA) is 59.0 Å². The number of rotatable bonds is 14. The first-order chi connectivity index (χ1) is 14.6. The second-order valence-electron chi connectivity index (χ2n) is 10.4. The fraction of sp³-hybridized carbons (Fsp3) is 0.885. The lowest BCUT2D eigenvalue weighted by molar-refractivity contribution is -0.0661. The Morgan fingerprint density at radius 3 is 2.10 bits per heavy atom. The van der Waals surface area contributed by atoms with Gasteiger partial charge in [-0.05, 0) is 47.5 Å². The van der Waals surface area contributed by atoms with Crippen LogP contribution in [0, 0.1) is 0 Å². The predicted octanol–water partition coefficient (Wildman–Crippen LogP) is 6.98. The Balaban J connectivity index is 2.26. The van der Waals surface area contributed by atoms with Crippen LogP contribution in [0.25, 0.3) is 0 Å². The molecule has 2 unspecified atom stereocenters. The van der Waals surface area contributed by atoms with E-state index in [9.17, 15) is 9.90 Å². The summed E-state index contributed by atoms with van der Waals surface area (Å²) in [5, 5.41) is 10.7. The normalized spacial score (nSPS) is 19.8. The van der Waals surface area contributed by atoms with Crippen molar-refractivity contribution < 1.29 is 19.4 Å². The molecule has 0 spiro atoms. The zero-order valence-electron chi connectivity index (χ0n) is 21.1. The van der Waals surface area contributed by atoms with Crippen LogP contribution < -0.4 is 0 Å². The summed E-state index contributed by atoms with van der Waals surface area (Å²) in [5.74, 6) is 0. The molecule has 1 fully saturated rings. The highest BCUT2D eigenvalue weighted by Crippen LogP contribution is 2.31. The average Bonchev–Trinajstić information content (AvgIpc) is 2.99. The van der Waals surface area contributed by atoms with Gasteiger partial charge in [-0.1, -0.05) is 83.3 Å². The van der Waals surface area contributed by atoms with Gasteiger partial charge in [-0.15, -0.1) is 0 Å². The minimum Gasteiger partial charge on any atom is -0.444 e. The summed E-state index contributed by atoms with van der Waals surface area (Å²) < 4.78 is 11.3. The zero-order valence-corrected chi connectivity index (χ0v) is 21.1. The molecule has 182 valence electrons. The van der Waals surface area contributed by atoms with E-state index in [0.29, 0.717) is 6.61 Å². The number of carbonyl (C=O) groups is 1. The van der Waals surface area contributed by atoms with Gasteiger partial charge >= 0.3 is 6.09 Å². The first kappa shape index (κ1) is 28.0. The molecule has 0 aliphatic carbocycles. The van der Waals surface area contributed by atoms with E-state index in [1.807, 2.05) is 46.8 Å². The number of unbranched alkanes of at least 4 members (excludes halogenated alkanes) is 11. The van der Waals surface area contributed by atoms with Gasteiger partial charge in [0, 0.05) is 0 Å². The van der Waals surface area contributed by atoms with E-state index in [1.165, 1.54) is 69.1 Å². The van der Waals surface area contributed by atoms with Crippen LogP contribution in [0.2, 0.25) is 0 Å². The number of hydrogen-bond acceptors (Lipinski definition) is 4. The Kier molecular flexibility index (Phi) is 12.8. The van der Waals surface area contributed by atoms with E-state index in [-0.39, 0.29) is 0 Å². The lowest BCUT2D eigenvalue weighted by atomic mass is 10.0. The van der Waals surface area contributed by atoms with Crippen molar-refractivity contribution in [2.24, 2.45) is 0 Å². The molecule has 1 heterocycles. The summed E-state index contributed by atoms with van der Waals surface area (Å²) in [6.07, 6.45) is 18.2. The molecule has 0 aromatic carbocycles. The molecule has 1 amide bonds. The van der Waals surface area contributed by atoms with Gasteiger partial charge in [0.1, 0.15) is 11.3 Å². The molecule has 1 aliphatic rings. The summed E-state index contributed by atoms with van der Waals surface area (Å²) in [6.45, 7) is 11.8. The van der Waals surface area contributed by atoms with Crippen molar-refractivity contribution in [2.45, 2.75) is 142 Å². The highest BCUT2D eigenvalue weighted by Gasteiger charge is 2.47. The summed E-state index contributed by atoms with van der Waals surface area (Å²) in [6, 6.07) is -0.432. The fourth-order valence-electron chi connectivity index (χ4n) is 4.04. The summed E-state index contributed by atoms with van der Waals surface area (Å²) in [4.78, 5) is 14.2. The maximum Gasteiger partial charge on any atom is 0.413 e. The Hall–Kier alpha value is -1.07. The first-order valence-electron chi connectivity index (χ1n) is 12.6. The second-order valence-corrected chi connectivity index (χ2v) is 10.4.